The smallest absolute Gasteiger partial charge is 0.227 e. The molecule has 2 unspecified atom stereocenters. The van der Waals surface area contributed by atoms with Gasteiger partial charge in [-0.2, -0.15) is 0 Å². The third kappa shape index (κ3) is 0.891. The summed E-state index contributed by atoms with van der Waals surface area (Å²) in [5.74, 6) is 0.729. The van der Waals surface area contributed by atoms with E-state index in [4.69, 9.17) is 4.74 Å². The zero-order chi connectivity index (χ0) is 8.93. The van der Waals surface area contributed by atoms with Crippen LogP contribution in [-0.4, -0.2) is 29.2 Å². The Morgan fingerprint density at radius 3 is 2.75 bits per heavy atom. The number of β-lactam (4-membered cyclic amide) rings is 1. The number of carbonyl (C=O) groups is 1. The molecule has 0 bridgehead atoms. The summed E-state index contributed by atoms with van der Waals surface area (Å²) >= 11 is 0. The van der Waals surface area contributed by atoms with E-state index in [0.29, 0.717) is 18.4 Å². The van der Waals surface area contributed by atoms with Gasteiger partial charge in [0.05, 0.1) is 6.61 Å². The minimum Gasteiger partial charge on any atom is -0.356 e. The molecule has 0 aromatic rings. The second-order valence-electron chi connectivity index (χ2n) is 4.27. The number of hydrogen-bond donors (Lipinski definition) is 0. The summed E-state index contributed by atoms with van der Waals surface area (Å²) in [6, 6.07) is 0.432. The van der Waals surface area contributed by atoms with Gasteiger partial charge in [0.2, 0.25) is 5.91 Å². The first kappa shape index (κ1) is 8.05. The fourth-order valence-corrected chi connectivity index (χ4v) is 2.11. The summed E-state index contributed by atoms with van der Waals surface area (Å²) in [4.78, 5) is 13.1. The Bertz CT molecular complexity index is 225. The molecule has 2 saturated heterocycles. The lowest BCUT2D eigenvalue weighted by molar-refractivity contribution is -0.232. The van der Waals surface area contributed by atoms with Gasteiger partial charge < -0.3 is 9.64 Å². The Morgan fingerprint density at radius 2 is 2.25 bits per heavy atom. The standard InChI is InChI=1S/C9H15NO2/c1-6-5-12-9(2,3)10-7(6)4-8(10)11/h6-7H,4-5H2,1-3H3. The van der Waals surface area contributed by atoms with E-state index < -0.39 is 0 Å². The molecule has 0 N–H and O–H groups in total. The quantitative estimate of drug-likeness (QED) is 0.506. The third-order valence-electron chi connectivity index (χ3n) is 2.92. The molecule has 2 aliphatic heterocycles. The molecular weight excluding hydrogens is 154 g/mol. The van der Waals surface area contributed by atoms with Crippen molar-refractivity contribution in [3.05, 3.63) is 0 Å². The Balaban J connectivity index is 2.20. The van der Waals surface area contributed by atoms with Crippen LogP contribution in [0.1, 0.15) is 27.2 Å². The van der Waals surface area contributed by atoms with Gasteiger partial charge in [-0.25, -0.2) is 0 Å². The van der Waals surface area contributed by atoms with Gasteiger partial charge in [0.25, 0.3) is 0 Å². The van der Waals surface area contributed by atoms with Crippen molar-refractivity contribution in [2.75, 3.05) is 6.61 Å². The maximum atomic E-state index is 11.3. The SMILES string of the molecule is CC1COC(C)(C)N2C(=O)CC12. The van der Waals surface area contributed by atoms with Crippen molar-refractivity contribution < 1.29 is 9.53 Å². The van der Waals surface area contributed by atoms with Crippen LogP contribution in [0.4, 0.5) is 0 Å². The second kappa shape index (κ2) is 2.22. The fraction of sp³-hybridized carbons (Fsp3) is 0.889. The molecule has 2 atom stereocenters. The van der Waals surface area contributed by atoms with Crippen molar-refractivity contribution in [1.82, 2.24) is 4.90 Å². The molecule has 1 amide bonds. The van der Waals surface area contributed by atoms with Crippen LogP contribution in [-0.2, 0) is 9.53 Å². The summed E-state index contributed by atoms with van der Waals surface area (Å²) in [5, 5.41) is 0. The van der Waals surface area contributed by atoms with Crippen LogP contribution in [0.2, 0.25) is 0 Å². The Kier molecular flexibility index (Phi) is 1.49. The number of rotatable bonds is 0. The maximum absolute atomic E-state index is 11.3. The van der Waals surface area contributed by atoms with Crippen LogP contribution in [0, 0.1) is 5.92 Å². The summed E-state index contributed by atoms with van der Waals surface area (Å²) < 4.78 is 5.59. The van der Waals surface area contributed by atoms with Crippen molar-refractivity contribution >= 4 is 5.91 Å². The Hall–Kier alpha value is -0.570. The lowest BCUT2D eigenvalue weighted by atomic mass is 9.86. The number of hydrogen-bond acceptors (Lipinski definition) is 2. The molecule has 3 heteroatoms. The number of carbonyl (C=O) groups excluding carboxylic acids is 1. The van der Waals surface area contributed by atoms with Gasteiger partial charge in [0.15, 0.2) is 0 Å². The van der Waals surface area contributed by atoms with E-state index in [1.54, 1.807) is 0 Å². The lowest BCUT2D eigenvalue weighted by Crippen LogP contribution is -2.68. The highest BCUT2D eigenvalue weighted by Crippen LogP contribution is 2.38. The first-order chi connectivity index (χ1) is 5.52. The second-order valence-corrected chi connectivity index (χ2v) is 4.27. The number of ether oxygens (including phenoxy) is 1. The molecule has 2 fully saturated rings. The predicted molar refractivity (Wildman–Crippen MR) is 44.4 cm³/mol. The Morgan fingerprint density at radius 1 is 1.58 bits per heavy atom. The lowest BCUT2D eigenvalue weighted by Gasteiger charge is -2.56. The summed E-state index contributed by atoms with van der Waals surface area (Å²) in [6.45, 7) is 6.84. The molecule has 0 aromatic heterocycles. The van der Waals surface area contributed by atoms with Gasteiger partial charge in [0, 0.05) is 18.4 Å². The summed E-state index contributed by atoms with van der Waals surface area (Å²) in [5.41, 5.74) is -0.369. The first-order valence-electron chi connectivity index (χ1n) is 4.48. The first-order valence-corrected chi connectivity index (χ1v) is 4.48. The van der Waals surface area contributed by atoms with Crippen LogP contribution in [0.25, 0.3) is 0 Å². The monoisotopic (exact) mass is 169 g/mol. The van der Waals surface area contributed by atoms with Crippen molar-refractivity contribution in [3.8, 4) is 0 Å². The average Bonchev–Trinajstić information content (AvgIpc) is 1.92. The van der Waals surface area contributed by atoms with Crippen LogP contribution >= 0.6 is 0 Å². The minimum atomic E-state index is -0.369. The Labute approximate surface area is 72.7 Å². The molecule has 0 saturated carbocycles. The van der Waals surface area contributed by atoms with Crippen molar-refractivity contribution in [3.63, 3.8) is 0 Å². The van der Waals surface area contributed by atoms with Crippen LogP contribution in [0.15, 0.2) is 0 Å². The van der Waals surface area contributed by atoms with Gasteiger partial charge in [-0.3, -0.25) is 4.79 Å². The van der Waals surface area contributed by atoms with Gasteiger partial charge >= 0.3 is 0 Å². The molecule has 2 aliphatic rings. The van der Waals surface area contributed by atoms with Crippen molar-refractivity contribution in [2.45, 2.75) is 39.0 Å². The molecule has 0 aliphatic carbocycles. The van der Waals surface area contributed by atoms with E-state index in [-0.39, 0.29) is 11.6 Å². The number of fused-ring (bicyclic) bond motifs is 1. The molecule has 2 heterocycles. The molecule has 0 spiro atoms. The molecule has 0 radical (unpaired) electrons. The van der Waals surface area contributed by atoms with Gasteiger partial charge in [-0.05, 0) is 13.8 Å². The predicted octanol–water partition coefficient (Wildman–Crippen LogP) is 0.990. The molecule has 3 nitrogen and oxygen atoms in total. The van der Waals surface area contributed by atoms with Gasteiger partial charge in [-0.15, -0.1) is 0 Å². The average molecular weight is 169 g/mol. The normalized spacial score (nSPS) is 38.9. The van der Waals surface area contributed by atoms with Crippen LogP contribution < -0.4 is 0 Å². The zero-order valence-electron chi connectivity index (χ0n) is 7.83. The highest BCUT2D eigenvalue weighted by Gasteiger charge is 2.51. The topological polar surface area (TPSA) is 29.5 Å². The highest BCUT2D eigenvalue weighted by atomic mass is 16.5. The van der Waals surface area contributed by atoms with E-state index in [0.717, 1.165) is 6.61 Å². The molecule has 2 rings (SSSR count). The minimum absolute atomic E-state index is 0.233. The fourth-order valence-electron chi connectivity index (χ4n) is 2.11. The van der Waals surface area contributed by atoms with Crippen LogP contribution in [0.3, 0.4) is 0 Å². The third-order valence-corrected chi connectivity index (χ3v) is 2.92. The van der Waals surface area contributed by atoms with Crippen molar-refractivity contribution in [1.29, 1.82) is 0 Å². The van der Waals surface area contributed by atoms with Crippen molar-refractivity contribution in [2.24, 2.45) is 5.92 Å². The largest absolute Gasteiger partial charge is 0.356 e. The zero-order valence-corrected chi connectivity index (χ0v) is 7.83. The van der Waals surface area contributed by atoms with E-state index in [9.17, 15) is 4.79 Å². The number of amides is 1. The van der Waals surface area contributed by atoms with E-state index >= 15 is 0 Å². The maximum Gasteiger partial charge on any atom is 0.227 e. The van der Waals surface area contributed by atoms with Gasteiger partial charge in [0.1, 0.15) is 5.72 Å². The summed E-state index contributed by atoms with van der Waals surface area (Å²) in [7, 11) is 0. The molecule has 68 valence electrons. The van der Waals surface area contributed by atoms with Crippen LogP contribution in [0.5, 0.6) is 0 Å². The van der Waals surface area contributed by atoms with E-state index in [2.05, 4.69) is 6.92 Å². The highest BCUT2D eigenvalue weighted by molar-refractivity contribution is 5.84. The number of nitrogens with zero attached hydrogens (tertiary/aromatic N) is 1. The van der Waals surface area contributed by atoms with Gasteiger partial charge in [-0.1, -0.05) is 6.92 Å². The molecule has 0 aromatic carbocycles. The summed E-state index contributed by atoms with van der Waals surface area (Å²) in [6.07, 6.45) is 0.716. The molecule has 12 heavy (non-hydrogen) atoms. The molecular formula is C9H15NO2. The van der Waals surface area contributed by atoms with E-state index in [1.165, 1.54) is 0 Å². The van der Waals surface area contributed by atoms with E-state index in [1.807, 2.05) is 18.7 Å².